The van der Waals surface area contributed by atoms with Crippen LogP contribution in [0.2, 0.25) is 0 Å². The fourth-order valence-corrected chi connectivity index (χ4v) is 0.991. The lowest BCUT2D eigenvalue weighted by Gasteiger charge is -2.02. The van der Waals surface area contributed by atoms with Crippen molar-refractivity contribution in [2.45, 2.75) is 58.5 Å². The van der Waals surface area contributed by atoms with Gasteiger partial charge in [-0.05, 0) is 12.8 Å². The number of hydrogen-bond donors (Lipinski definition) is 1. The number of carbonyl (C=O) groups excluding carboxylic acids is 1. The third-order valence-electron chi connectivity index (χ3n) is 1.93. The standard InChI is InChI=1S/C6H13NO3.C5H10O/c1-2-3-4-6(8)5-7(9)10;1-2-3-4-5-6/h6,8H,2-5H2,1H3;5H,2-4H2,1H3. The van der Waals surface area contributed by atoms with Gasteiger partial charge in [-0.1, -0.05) is 33.1 Å². The molecule has 0 fully saturated rings. The number of rotatable bonds is 8. The van der Waals surface area contributed by atoms with Crippen molar-refractivity contribution in [3.63, 3.8) is 0 Å². The van der Waals surface area contributed by atoms with Gasteiger partial charge in [0.1, 0.15) is 12.4 Å². The van der Waals surface area contributed by atoms with Gasteiger partial charge in [-0.2, -0.15) is 0 Å². The minimum atomic E-state index is -0.755. The van der Waals surface area contributed by atoms with E-state index in [1.807, 2.05) is 6.92 Å². The van der Waals surface area contributed by atoms with Crippen LogP contribution in [-0.2, 0) is 4.79 Å². The summed E-state index contributed by atoms with van der Waals surface area (Å²) in [6.07, 6.45) is 5.47. The molecule has 0 bridgehead atoms. The SMILES string of the molecule is CCCCC(O)C[N+](=O)[O-].CCCCC=O. The first kappa shape index (κ1) is 17.4. The highest BCUT2D eigenvalue weighted by atomic mass is 16.6. The third kappa shape index (κ3) is 18.7. The molecule has 0 aromatic carbocycles. The van der Waals surface area contributed by atoms with E-state index in [0.29, 0.717) is 6.42 Å². The molecular formula is C11H23NO4. The molecule has 0 aromatic rings. The van der Waals surface area contributed by atoms with E-state index in [0.717, 1.165) is 38.4 Å². The van der Waals surface area contributed by atoms with Crippen molar-refractivity contribution in [3.8, 4) is 0 Å². The van der Waals surface area contributed by atoms with E-state index in [2.05, 4.69) is 6.92 Å². The van der Waals surface area contributed by atoms with Crippen molar-refractivity contribution in [2.75, 3.05) is 6.54 Å². The summed E-state index contributed by atoms with van der Waals surface area (Å²) in [7, 11) is 0. The average molecular weight is 233 g/mol. The van der Waals surface area contributed by atoms with Crippen LogP contribution in [0, 0.1) is 10.1 Å². The van der Waals surface area contributed by atoms with E-state index in [9.17, 15) is 14.9 Å². The van der Waals surface area contributed by atoms with Gasteiger partial charge in [-0.3, -0.25) is 10.1 Å². The minimum absolute atomic E-state index is 0.319. The normalized spacial score (nSPS) is 11.2. The van der Waals surface area contributed by atoms with Crippen LogP contribution in [-0.4, -0.2) is 29.0 Å². The number of nitrogens with zero attached hydrogens (tertiary/aromatic N) is 1. The molecule has 0 amide bonds. The Hall–Kier alpha value is -0.970. The van der Waals surface area contributed by atoms with Crippen LogP contribution >= 0.6 is 0 Å². The molecule has 1 unspecified atom stereocenters. The van der Waals surface area contributed by atoms with E-state index in [-0.39, 0.29) is 6.54 Å². The van der Waals surface area contributed by atoms with Crippen LogP contribution in [0.25, 0.3) is 0 Å². The first-order chi connectivity index (χ1) is 7.58. The molecule has 0 aliphatic rings. The maximum absolute atomic E-state index is 9.82. The van der Waals surface area contributed by atoms with E-state index >= 15 is 0 Å². The number of aliphatic hydroxyl groups is 1. The monoisotopic (exact) mass is 233 g/mol. The fourth-order valence-electron chi connectivity index (χ4n) is 0.991. The molecule has 0 aliphatic heterocycles. The Balaban J connectivity index is 0. The summed E-state index contributed by atoms with van der Waals surface area (Å²) >= 11 is 0. The third-order valence-corrected chi connectivity index (χ3v) is 1.93. The lowest BCUT2D eigenvalue weighted by atomic mass is 10.2. The number of carbonyl (C=O) groups is 1. The molecule has 1 N–H and O–H groups in total. The summed E-state index contributed by atoms with van der Waals surface area (Å²) in [5.41, 5.74) is 0. The number of unbranched alkanes of at least 4 members (excludes halogenated alkanes) is 3. The molecule has 0 rings (SSSR count). The smallest absolute Gasteiger partial charge is 0.229 e. The molecule has 0 saturated heterocycles. The quantitative estimate of drug-likeness (QED) is 0.301. The topological polar surface area (TPSA) is 80.4 Å². The molecular weight excluding hydrogens is 210 g/mol. The van der Waals surface area contributed by atoms with E-state index < -0.39 is 11.0 Å². The van der Waals surface area contributed by atoms with Crippen LogP contribution in [0.1, 0.15) is 52.4 Å². The zero-order valence-corrected chi connectivity index (χ0v) is 10.2. The van der Waals surface area contributed by atoms with E-state index in [1.54, 1.807) is 0 Å². The molecule has 1 atom stereocenters. The van der Waals surface area contributed by atoms with Crippen LogP contribution in [0.3, 0.4) is 0 Å². The Labute approximate surface area is 97.0 Å². The molecule has 5 nitrogen and oxygen atoms in total. The predicted molar refractivity (Wildman–Crippen MR) is 63.0 cm³/mol. The molecule has 96 valence electrons. The Morgan fingerprint density at radius 3 is 2.19 bits per heavy atom. The second kappa shape index (κ2) is 14.0. The summed E-state index contributed by atoms with van der Waals surface area (Å²) < 4.78 is 0. The van der Waals surface area contributed by atoms with Gasteiger partial charge in [0, 0.05) is 11.3 Å². The number of aldehydes is 1. The second-order valence-corrected chi connectivity index (χ2v) is 3.62. The average Bonchev–Trinajstić information content (AvgIpc) is 2.23. The van der Waals surface area contributed by atoms with Gasteiger partial charge >= 0.3 is 0 Å². The molecule has 0 spiro atoms. The van der Waals surface area contributed by atoms with Crippen molar-refractivity contribution in [2.24, 2.45) is 0 Å². The molecule has 0 saturated carbocycles. The first-order valence-electron chi connectivity index (χ1n) is 5.81. The molecule has 0 radical (unpaired) electrons. The molecule has 0 aliphatic carbocycles. The zero-order valence-electron chi connectivity index (χ0n) is 10.2. The minimum Gasteiger partial charge on any atom is -0.386 e. The van der Waals surface area contributed by atoms with Crippen molar-refractivity contribution < 1.29 is 14.8 Å². The van der Waals surface area contributed by atoms with Crippen molar-refractivity contribution in [1.29, 1.82) is 0 Å². The van der Waals surface area contributed by atoms with Gasteiger partial charge in [-0.15, -0.1) is 0 Å². The lowest BCUT2D eigenvalue weighted by Crippen LogP contribution is -2.18. The second-order valence-electron chi connectivity index (χ2n) is 3.62. The van der Waals surface area contributed by atoms with Gasteiger partial charge in [0.15, 0.2) is 0 Å². The summed E-state index contributed by atoms with van der Waals surface area (Å²) in [5, 5.41) is 18.7. The maximum Gasteiger partial charge on any atom is 0.229 e. The predicted octanol–water partition coefficient (Wildman–Crippen LogP) is 2.19. The van der Waals surface area contributed by atoms with Crippen LogP contribution in [0.5, 0.6) is 0 Å². The highest BCUT2D eigenvalue weighted by Crippen LogP contribution is 1.99. The molecule has 5 heteroatoms. The number of aliphatic hydroxyl groups excluding tert-OH is 1. The molecule has 16 heavy (non-hydrogen) atoms. The fraction of sp³-hybridized carbons (Fsp3) is 0.909. The van der Waals surface area contributed by atoms with Gasteiger partial charge in [0.05, 0.1) is 0 Å². The van der Waals surface area contributed by atoms with E-state index in [4.69, 9.17) is 5.11 Å². The van der Waals surface area contributed by atoms with Crippen LogP contribution in [0.4, 0.5) is 0 Å². The lowest BCUT2D eigenvalue weighted by molar-refractivity contribution is -0.490. The Kier molecular flexibility index (Phi) is 15.3. The maximum atomic E-state index is 9.82. The Morgan fingerprint density at radius 2 is 1.88 bits per heavy atom. The van der Waals surface area contributed by atoms with Gasteiger partial charge in [0.2, 0.25) is 6.54 Å². The number of nitro groups is 1. The van der Waals surface area contributed by atoms with Crippen molar-refractivity contribution >= 4 is 6.29 Å². The largest absolute Gasteiger partial charge is 0.386 e. The molecule has 0 aromatic heterocycles. The molecule has 0 heterocycles. The highest BCUT2D eigenvalue weighted by Gasteiger charge is 2.09. The van der Waals surface area contributed by atoms with Gasteiger partial charge in [0.25, 0.3) is 0 Å². The van der Waals surface area contributed by atoms with Crippen molar-refractivity contribution in [3.05, 3.63) is 10.1 Å². The van der Waals surface area contributed by atoms with Gasteiger partial charge in [-0.25, -0.2) is 0 Å². The van der Waals surface area contributed by atoms with Gasteiger partial charge < -0.3 is 9.90 Å². The summed E-state index contributed by atoms with van der Waals surface area (Å²) in [6, 6.07) is 0. The Bertz CT molecular complexity index is 173. The summed E-state index contributed by atoms with van der Waals surface area (Å²) in [4.78, 5) is 18.9. The first-order valence-corrected chi connectivity index (χ1v) is 5.81. The summed E-state index contributed by atoms with van der Waals surface area (Å²) in [6.45, 7) is 3.74. The Morgan fingerprint density at radius 1 is 1.31 bits per heavy atom. The van der Waals surface area contributed by atoms with E-state index in [1.165, 1.54) is 0 Å². The van der Waals surface area contributed by atoms with Crippen molar-refractivity contribution in [1.82, 2.24) is 0 Å². The zero-order chi connectivity index (χ0) is 12.8. The number of hydrogen-bond acceptors (Lipinski definition) is 4. The van der Waals surface area contributed by atoms with Crippen LogP contribution < -0.4 is 0 Å². The highest BCUT2D eigenvalue weighted by molar-refractivity contribution is 5.48. The van der Waals surface area contributed by atoms with Crippen LogP contribution in [0.15, 0.2) is 0 Å². The summed E-state index contributed by atoms with van der Waals surface area (Å²) in [5.74, 6) is 0.